The monoisotopic (exact) mass is 522 g/mol. The number of amides is 1. The Labute approximate surface area is 204 Å². The van der Waals surface area contributed by atoms with Gasteiger partial charge in [0, 0.05) is 30.9 Å². The number of phosphoric ester groups is 1. The number of nitrogen functional groups attached to an aromatic ring is 1. The summed E-state index contributed by atoms with van der Waals surface area (Å²) in [6, 6.07) is 6.02. The molecule has 192 valence electrons. The van der Waals surface area contributed by atoms with Gasteiger partial charge in [-0.3, -0.25) is 28.5 Å². The normalized spacial score (nSPS) is 20.7. The van der Waals surface area contributed by atoms with E-state index in [9.17, 15) is 23.8 Å². The third-order valence-electron chi connectivity index (χ3n) is 5.08. The molecule has 5 N–H and O–H groups in total. The molecule has 1 amide bonds. The zero-order valence-corrected chi connectivity index (χ0v) is 19.8. The lowest BCUT2D eigenvalue weighted by Crippen LogP contribution is -2.29. The highest BCUT2D eigenvalue weighted by Gasteiger charge is 2.42. The van der Waals surface area contributed by atoms with Crippen LogP contribution in [0.1, 0.15) is 38.9 Å². The molecule has 1 aliphatic rings. The van der Waals surface area contributed by atoms with Crippen LogP contribution in [0, 0.1) is 11.8 Å². The topological polar surface area (TPSA) is 202 Å². The van der Waals surface area contributed by atoms with E-state index in [0.29, 0.717) is 17.4 Å². The first-order valence-electron chi connectivity index (χ1n) is 10.4. The summed E-state index contributed by atoms with van der Waals surface area (Å²) in [5.74, 6) is 4.85. The Morgan fingerprint density at radius 2 is 2.14 bits per heavy atom. The fourth-order valence-corrected chi connectivity index (χ4v) is 3.93. The molecule has 4 atom stereocenters. The van der Waals surface area contributed by atoms with Crippen molar-refractivity contribution in [3.8, 4) is 11.8 Å². The number of nitrogens with one attached hydrogen (secondary N) is 1. The van der Waals surface area contributed by atoms with E-state index in [4.69, 9.17) is 20.3 Å². The molecule has 1 fully saturated rings. The van der Waals surface area contributed by atoms with Gasteiger partial charge in [-0.2, -0.15) is 4.98 Å². The van der Waals surface area contributed by atoms with Crippen LogP contribution in [0.4, 0.5) is 5.82 Å². The molecule has 1 aromatic heterocycles. The molecule has 14 nitrogen and oxygen atoms in total. The molecule has 1 aromatic carbocycles. The average molecular weight is 522 g/mol. The number of carbonyl (C=O) groups is 2. The van der Waals surface area contributed by atoms with Gasteiger partial charge in [0.05, 0.1) is 12.1 Å². The van der Waals surface area contributed by atoms with Crippen molar-refractivity contribution in [1.29, 1.82) is 0 Å². The second-order valence-corrected chi connectivity index (χ2v) is 8.92. The molecule has 2 aromatic rings. The molecule has 4 unspecified atom stereocenters. The number of aromatic nitrogens is 2. The second kappa shape index (κ2) is 12.0. The van der Waals surface area contributed by atoms with Crippen molar-refractivity contribution in [1.82, 2.24) is 14.9 Å². The van der Waals surface area contributed by atoms with Crippen molar-refractivity contribution in [2.45, 2.75) is 24.9 Å². The highest BCUT2D eigenvalue weighted by atomic mass is 31.2. The van der Waals surface area contributed by atoms with Gasteiger partial charge in [0.25, 0.3) is 5.91 Å². The standard InChI is InChI=1S/C21H23N4O10P/c1-32-36(30,31)35-16-9-18(34-17(16)12-33-29)25-10-15(19(22)24-21(25)28)3-2-8-23-20(27)14-6-4-13(11-26)5-7-14/h4-7,10-11,16-18,29H,8-9,12H2,1H3,(H,23,27)(H,30,31)(H2,22,24,28). The number of aldehydes is 1. The molecular weight excluding hydrogens is 499 g/mol. The molecule has 0 radical (unpaired) electrons. The quantitative estimate of drug-likeness (QED) is 0.116. The van der Waals surface area contributed by atoms with Crippen LogP contribution in [0.25, 0.3) is 0 Å². The van der Waals surface area contributed by atoms with Crippen molar-refractivity contribution in [3.05, 3.63) is 57.6 Å². The minimum Gasteiger partial charge on any atom is -0.382 e. The summed E-state index contributed by atoms with van der Waals surface area (Å²) in [5, 5.41) is 11.4. The Bertz CT molecular complexity index is 1270. The molecule has 0 aliphatic carbocycles. The second-order valence-electron chi connectivity index (χ2n) is 7.41. The van der Waals surface area contributed by atoms with Gasteiger partial charge in [-0.15, -0.1) is 0 Å². The number of carbonyl (C=O) groups excluding carboxylic acids is 2. The van der Waals surface area contributed by atoms with E-state index < -0.39 is 44.5 Å². The highest BCUT2D eigenvalue weighted by Crippen LogP contribution is 2.47. The zero-order chi connectivity index (χ0) is 26.3. The lowest BCUT2D eigenvalue weighted by molar-refractivity contribution is -0.264. The average Bonchev–Trinajstić information content (AvgIpc) is 3.24. The molecule has 1 aliphatic heterocycles. The molecule has 36 heavy (non-hydrogen) atoms. The van der Waals surface area contributed by atoms with Gasteiger partial charge < -0.3 is 20.7 Å². The third kappa shape index (κ3) is 6.84. The van der Waals surface area contributed by atoms with Gasteiger partial charge in [-0.1, -0.05) is 24.0 Å². The predicted molar refractivity (Wildman–Crippen MR) is 123 cm³/mol. The number of hydrogen-bond acceptors (Lipinski definition) is 11. The molecule has 0 spiro atoms. The summed E-state index contributed by atoms with van der Waals surface area (Å²) in [6.45, 7) is -0.465. The lowest BCUT2D eigenvalue weighted by atomic mass is 10.1. The zero-order valence-electron chi connectivity index (χ0n) is 18.9. The Morgan fingerprint density at radius 3 is 2.78 bits per heavy atom. The van der Waals surface area contributed by atoms with Crippen molar-refractivity contribution < 1.29 is 43.0 Å². The van der Waals surface area contributed by atoms with Crippen molar-refractivity contribution in [3.63, 3.8) is 0 Å². The number of nitrogens with zero attached hydrogens (tertiary/aromatic N) is 2. The molecule has 15 heteroatoms. The first-order chi connectivity index (χ1) is 17.2. The number of rotatable bonds is 9. The van der Waals surface area contributed by atoms with Gasteiger partial charge in [-0.25, -0.2) is 14.2 Å². The SMILES string of the molecule is COP(=O)(O)OC1CC(n2cc(C#CCNC(=O)c3ccc(C=O)cc3)c(N)nc2=O)OC1COO. The Balaban J connectivity index is 1.72. The Morgan fingerprint density at radius 1 is 1.42 bits per heavy atom. The molecule has 3 rings (SSSR count). The van der Waals surface area contributed by atoms with E-state index in [1.54, 1.807) is 0 Å². The van der Waals surface area contributed by atoms with E-state index in [-0.39, 0.29) is 24.3 Å². The van der Waals surface area contributed by atoms with E-state index in [2.05, 4.69) is 31.6 Å². The summed E-state index contributed by atoms with van der Waals surface area (Å²) in [4.78, 5) is 52.7. The summed E-state index contributed by atoms with van der Waals surface area (Å²) < 4.78 is 28.0. The predicted octanol–water partition coefficient (Wildman–Crippen LogP) is 0.329. The highest BCUT2D eigenvalue weighted by molar-refractivity contribution is 7.47. The Kier molecular flexibility index (Phi) is 9.08. The van der Waals surface area contributed by atoms with Crippen LogP contribution >= 0.6 is 7.82 Å². The maximum atomic E-state index is 12.4. The van der Waals surface area contributed by atoms with Crippen LogP contribution in [0.3, 0.4) is 0 Å². The summed E-state index contributed by atoms with van der Waals surface area (Å²) in [7, 11) is -3.41. The van der Waals surface area contributed by atoms with Crippen LogP contribution in [0.2, 0.25) is 0 Å². The van der Waals surface area contributed by atoms with Crippen LogP contribution in [0.15, 0.2) is 35.3 Å². The molecule has 2 heterocycles. The van der Waals surface area contributed by atoms with E-state index in [1.165, 1.54) is 30.5 Å². The van der Waals surface area contributed by atoms with Crippen LogP contribution in [-0.4, -0.2) is 64.4 Å². The largest absolute Gasteiger partial charge is 0.472 e. The minimum atomic E-state index is -4.40. The number of phosphoric acid groups is 1. The smallest absolute Gasteiger partial charge is 0.382 e. The summed E-state index contributed by atoms with van der Waals surface area (Å²) in [5.41, 5.74) is 5.96. The summed E-state index contributed by atoms with van der Waals surface area (Å²) >= 11 is 0. The first-order valence-corrected chi connectivity index (χ1v) is 11.9. The maximum Gasteiger partial charge on any atom is 0.472 e. The van der Waals surface area contributed by atoms with Crippen molar-refractivity contribution in [2.24, 2.45) is 0 Å². The number of anilines is 1. The minimum absolute atomic E-state index is 0.0542. The fraction of sp³-hybridized carbons (Fsp3) is 0.333. The van der Waals surface area contributed by atoms with E-state index in [1.807, 2.05) is 0 Å². The van der Waals surface area contributed by atoms with Gasteiger partial charge in [-0.05, 0) is 12.1 Å². The Hall–Kier alpha value is -3.41. The van der Waals surface area contributed by atoms with Crippen molar-refractivity contribution in [2.75, 3.05) is 26.0 Å². The van der Waals surface area contributed by atoms with Crippen LogP contribution < -0.4 is 16.7 Å². The number of benzene rings is 1. The molecular formula is C21H23N4O10P. The number of nitrogens with two attached hydrogens (primary N) is 1. The third-order valence-corrected chi connectivity index (χ3v) is 6.08. The lowest BCUT2D eigenvalue weighted by Gasteiger charge is -2.18. The maximum absolute atomic E-state index is 12.4. The van der Waals surface area contributed by atoms with Crippen LogP contribution in [0.5, 0.6) is 0 Å². The fourth-order valence-electron chi connectivity index (χ4n) is 3.28. The first kappa shape index (κ1) is 27.2. The van der Waals surface area contributed by atoms with Crippen LogP contribution in [-0.2, 0) is 23.2 Å². The molecule has 0 bridgehead atoms. The number of ether oxygens (including phenoxy) is 1. The van der Waals surface area contributed by atoms with Gasteiger partial charge in [0.1, 0.15) is 37.1 Å². The van der Waals surface area contributed by atoms with E-state index in [0.717, 1.165) is 11.7 Å². The molecule has 1 saturated heterocycles. The molecule has 0 saturated carbocycles. The van der Waals surface area contributed by atoms with E-state index >= 15 is 0 Å². The van der Waals surface area contributed by atoms with Gasteiger partial charge in [0.15, 0.2) is 0 Å². The van der Waals surface area contributed by atoms with Crippen molar-refractivity contribution >= 4 is 25.8 Å². The van der Waals surface area contributed by atoms with Gasteiger partial charge >= 0.3 is 13.5 Å². The number of hydrogen-bond donors (Lipinski definition) is 4. The summed E-state index contributed by atoms with van der Waals surface area (Å²) in [6.07, 6.45) is -1.21. The van der Waals surface area contributed by atoms with Gasteiger partial charge in [0.2, 0.25) is 0 Å².